The van der Waals surface area contributed by atoms with Gasteiger partial charge in [0.2, 0.25) is 0 Å². The number of carbonyl (C=O) groups is 1. The van der Waals surface area contributed by atoms with Crippen molar-refractivity contribution in [1.29, 1.82) is 0 Å². The zero-order valence-electron chi connectivity index (χ0n) is 7.67. The molecule has 3 nitrogen and oxygen atoms in total. The Bertz CT molecular complexity index is 159. The maximum absolute atomic E-state index is 11.3. The summed E-state index contributed by atoms with van der Waals surface area (Å²) in [5, 5.41) is 8.93. The number of carbonyl (C=O) groups excluding carboxylic acids is 1. The van der Waals surface area contributed by atoms with Crippen LogP contribution in [0, 0.1) is 5.41 Å². The summed E-state index contributed by atoms with van der Waals surface area (Å²) in [6.07, 6.45) is 2.07. The Morgan fingerprint density at radius 1 is 1.75 bits per heavy atom. The molecule has 0 aliphatic rings. The van der Waals surface area contributed by atoms with Crippen molar-refractivity contribution in [3.63, 3.8) is 0 Å². The number of ether oxygens (including phenoxy) is 1. The fraction of sp³-hybridized carbons (Fsp3) is 0.667. The Kier molecular flexibility index (Phi) is 4.59. The van der Waals surface area contributed by atoms with Gasteiger partial charge in [0, 0.05) is 0 Å². The lowest BCUT2D eigenvalue weighted by Gasteiger charge is -2.22. The van der Waals surface area contributed by atoms with Crippen LogP contribution >= 0.6 is 0 Å². The second kappa shape index (κ2) is 4.93. The van der Waals surface area contributed by atoms with Crippen molar-refractivity contribution in [2.75, 3.05) is 13.2 Å². The van der Waals surface area contributed by atoms with Crippen LogP contribution in [0.2, 0.25) is 0 Å². The minimum atomic E-state index is -0.761. The molecule has 0 aromatic heterocycles. The predicted molar refractivity (Wildman–Crippen MR) is 46.6 cm³/mol. The molecule has 1 atom stereocenters. The Balaban J connectivity index is 4.11. The lowest BCUT2D eigenvalue weighted by molar-refractivity contribution is -0.156. The van der Waals surface area contributed by atoms with Gasteiger partial charge in [-0.15, -0.1) is 0 Å². The van der Waals surface area contributed by atoms with E-state index in [-0.39, 0.29) is 19.2 Å². The van der Waals surface area contributed by atoms with Gasteiger partial charge in [0.25, 0.3) is 0 Å². The van der Waals surface area contributed by atoms with Crippen LogP contribution in [-0.2, 0) is 9.53 Å². The lowest BCUT2D eigenvalue weighted by Crippen LogP contribution is -2.32. The molecular weight excluding hydrogens is 156 g/mol. The van der Waals surface area contributed by atoms with Crippen molar-refractivity contribution in [1.82, 2.24) is 0 Å². The first-order chi connectivity index (χ1) is 5.60. The zero-order valence-corrected chi connectivity index (χ0v) is 7.67. The molecule has 0 spiro atoms. The summed E-state index contributed by atoms with van der Waals surface area (Å²) in [6.45, 7) is 6.97. The summed E-state index contributed by atoms with van der Waals surface area (Å²) in [4.78, 5) is 11.3. The number of aliphatic hydroxyl groups excluding tert-OH is 1. The summed E-state index contributed by atoms with van der Waals surface area (Å²) < 4.78 is 4.82. The van der Waals surface area contributed by atoms with Gasteiger partial charge in [0.1, 0.15) is 6.61 Å². The lowest BCUT2D eigenvalue weighted by atomic mass is 9.89. The molecule has 0 aliphatic carbocycles. The van der Waals surface area contributed by atoms with E-state index in [1.807, 2.05) is 6.92 Å². The summed E-state index contributed by atoms with van der Waals surface area (Å²) >= 11 is 0. The van der Waals surface area contributed by atoms with Gasteiger partial charge < -0.3 is 9.84 Å². The Labute approximate surface area is 73.0 Å². The highest BCUT2D eigenvalue weighted by molar-refractivity contribution is 5.76. The summed E-state index contributed by atoms with van der Waals surface area (Å²) in [7, 11) is 0. The normalized spacial score (nSPS) is 14.9. The van der Waals surface area contributed by atoms with Crippen LogP contribution in [0.1, 0.15) is 20.3 Å². The molecule has 0 saturated carbocycles. The summed E-state index contributed by atoms with van der Waals surface area (Å²) in [6, 6.07) is 0. The molecule has 0 radical (unpaired) electrons. The van der Waals surface area contributed by atoms with E-state index in [0.29, 0.717) is 6.42 Å². The van der Waals surface area contributed by atoms with Gasteiger partial charge >= 0.3 is 5.97 Å². The fourth-order valence-electron chi connectivity index (χ4n) is 0.630. The van der Waals surface area contributed by atoms with Crippen LogP contribution in [0.4, 0.5) is 0 Å². The molecule has 0 bridgehead atoms. The topological polar surface area (TPSA) is 46.5 Å². The molecule has 0 aromatic rings. The molecule has 3 heteroatoms. The standard InChI is InChI=1S/C9H16O3/c1-4-6-12-8(11)9(3,5-2)7-10/h4,10H,1,5-7H2,2-3H3. The van der Waals surface area contributed by atoms with Gasteiger partial charge in [-0.2, -0.15) is 0 Å². The summed E-state index contributed by atoms with van der Waals surface area (Å²) in [5.74, 6) is -0.368. The molecular formula is C9H16O3. The fourth-order valence-corrected chi connectivity index (χ4v) is 0.630. The van der Waals surface area contributed by atoms with E-state index < -0.39 is 5.41 Å². The highest BCUT2D eigenvalue weighted by atomic mass is 16.5. The molecule has 0 heterocycles. The van der Waals surface area contributed by atoms with Crippen LogP contribution in [0.15, 0.2) is 12.7 Å². The monoisotopic (exact) mass is 172 g/mol. The van der Waals surface area contributed by atoms with Crippen molar-refractivity contribution in [3.8, 4) is 0 Å². The third kappa shape index (κ3) is 2.66. The largest absolute Gasteiger partial charge is 0.461 e. The molecule has 70 valence electrons. The van der Waals surface area contributed by atoms with Gasteiger partial charge in [-0.3, -0.25) is 4.79 Å². The van der Waals surface area contributed by atoms with E-state index in [4.69, 9.17) is 9.84 Å². The number of rotatable bonds is 5. The Morgan fingerprint density at radius 3 is 2.67 bits per heavy atom. The second-order valence-corrected chi connectivity index (χ2v) is 2.96. The van der Waals surface area contributed by atoms with Gasteiger partial charge in [0.15, 0.2) is 0 Å². The smallest absolute Gasteiger partial charge is 0.314 e. The first kappa shape index (κ1) is 11.2. The maximum atomic E-state index is 11.3. The average molecular weight is 172 g/mol. The van der Waals surface area contributed by atoms with E-state index in [1.165, 1.54) is 6.08 Å². The first-order valence-corrected chi connectivity index (χ1v) is 3.99. The summed E-state index contributed by atoms with van der Waals surface area (Å²) in [5.41, 5.74) is -0.761. The van der Waals surface area contributed by atoms with E-state index >= 15 is 0 Å². The molecule has 0 aliphatic heterocycles. The van der Waals surface area contributed by atoms with E-state index in [0.717, 1.165) is 0 Å². The van der Waals surface area contributed by atoms with Crippen LogP contribution in [0.5, 0.6) is 0 Å². The Morgan fingerprint density at radius 2 is 2.33 bits per heavy atom. The molecule has 12 heavy (non-hydrogen) atoms. The molecule has 0 aromatic carbocycles. The molecule has 1 unspecified atom stereocenters. The first-order valence-electron chi connectivity index (χ1n) is 3.99. The number of esters is 1. The van der Waals surface area contributed by atoms with Crippen molar-refractivity contribution in [3.05, 3.63) is 12.7 Å². The third-order valence-corrected chi connectivity index (χ3v) is 1.95. The third-order valence-electron chi connectivity index (χ3n) is 1.95. The minimum Gasteiger partial charge on any atom is -0.461 e. The molecule has 0 rings (SSSR count). The number of aliphatic hydroxyl groups is 1. The molecule has 0 saturated heterocycles. The van der Waals surface area contributed by atoms with E-state index in [2.05, 4.69) is 6.58 Å². The number of hydrogen-bond acceptors (Lipinski definition) is 3. The second-order valence-electron chi connectivity index (χ2n) is 2.96. The van der Waals surface area contributed by atoms with Crippen LogP contribution in [0.25, 0.3) is 0 Å². The van der Waals surface area contributed by atoms with Crippen LogP contribution < -0.4 is 0 Å². The van der Waals surface area contributed by atoms with Crippen LogP contribution in [-0.4, -0.2) is 24.3 Å². The molecule has 0 amide bonds. The van der Waals surface area contributed by atoms with Crippen molar-refractivity contribution >= 4 is 5.97 Å². The zero-order chi connectivity index (χ0) is 9.61. The predicted octanol–water partition coefficient (Wildman–Crippen LogP) is 1.12. The van der Waals surface area contributed by atoms with Gasteiger partial charge in [-0.05, 0) is 13.3 Å². The van der Waals surface area contributed by atoms with Crippen molar-refractivity contribution < 1.29 is 14.6 Å². The van der Waals surface area contributed by atoms with Gasteiger partial charge in [0.05, 0.1) is 12.0 Å². The van der Waals surface area contributed by atoms with Crippen molar-refractivity contribution in [2.24, 2.45) is 5.41 Å². The molecule has 0 fully saturated rings. The van der Waals surface area contributed by atoms with Crippen LogP contribution in [0.3, 0.4) is 0 Å². The highest BCUT2D eigenvalue weighted by Crippen LogP contribution is 2.21. The minimum absolute atomic E-state index is 0.181. The Hall–Kier alpha value is -0.830. The SMILES string of the molecule is C=CCOC(=O)C(C)(CC)CO. The molecule has 1 N–H and O–H groups in total. The van der Waals surface area contributed by atoms with E-state index in [9.17, 15) is 4.79 Å². The van der Waals surface area contributed by atoms with Gasteiger partial charge in [-0.25, -0.2) is 0 Å². The number of hydrogen-bond donors (Lipinski definition) is 1. The maximum Gasteiger partial charge on any atom is 0.314 e. The van der Waals surface area contributed by atoms with Gasteiger partial charge in [-0.1, -0.05) is 19.6 Å². The quantitative estimate of drug-likeness (QED) is 0.499. The highest BCUT2D eigenvalue weighted by Gasteiger charge is 2.31. The van der Waals surface area contributed by atoms with Crippen molar-refractivity contribution in [2.45, 2.75) is 20.3 Å². The average Bonchev–Trinajstić information content (AvgIpc) is 2.12. The van der Waals surface area contributed by atoms with E-state index in [1.54, 1.807) is 6.92 Å².